The van der Waals surface area contributed by atoms with Gasteiger partial charge in [-0.1, -0.05) is 383 Å². The van der Waals surface area contributed by atoms with Crippen LogP contribution in [0.15, 0.2) is 48.6 Å². The third-order valence-electron chi connectivity index (χ3n) is 21.5. The second-order valence-corrected chi connectivity index (χ2v) is 31.0. The van der Waals surface area contributed by atoms with Gasteiger partial charge in [-0.25, -0.2) is 0 Å². The van der Waals surface area contributed by atoms with Gasteiger partial charge in [0.1, 0.15) is 48.8 Å². The molecule has 2 heterocycles. The van der Waals surface area contributed by atoms with E-state index in [-0.39, 0.29) is 18.9 Å². The Balaban J connectivity index is 1.57. The van der Waals surface area contributed by atoms with Gasteiger partial charge in [-0.15, -0.1) is 0 Å². The van der Waals surface area contributed by atoms with Crippen LogP contribution in [0.4, 0.5) is 0 Å². The standard InChI is InChI=1S/C88H165NO13/c1-3-5-7-9-11-13-15-17-19-21-23-25-27-29-31-32-33-34-35-36-37-38-39-40-41-42-43-44-46-48-50-52-54-56-58-60-62-64-66-68-70-72-80(93)89-76(75-99-87-85(98)83(96)86(79(74-91)101-87)102-88-84(97)82(95)81(94)78(73-90)100-88)77(92)71-69-67-65-63-61-59-57-55-53-51-49-47-45-30-28-26-24-22-20-18-16-14-12-10-8-6-4-2/h21,23,53,55,61,63,69,71,76-79,81-88,90-92,94-98H,3-20,22,24-52,54,56-60,62,64-68,70,72-75H2,1-2H3,(H,89,93)/b23-21-,55-53+,63-61+,71-69+. The number of rotatable bonds is 75. The maximum absolute atomic E-state index is 13.4. The molecule has 0 aromatic carbocycles. The summed E-state index contributed by atoms with van der Waals surface area (Å²) in [7, 11) is 0. The normalized spacial score (nSPS) is 21.8. The number of ether oxygens (including phenoxy) is 4. The first-order chi connectivity index (χ1) is 50.1. The van der Waals surface area contributed by atoms with Crippen LogP contribution in [0.5, 0.6) is 0 Å². The Morgan fingerprint density at radius 3 is 0.961 bits per heavy atom. The highest BCUT2D eigenvalue weighted by molar-refractivity contribution is 5.76. The number of aliphatic hydroxyl groups excluding tert-OH is 8. The first-order valence-corrected chi connectivity index (χ1v) is 43.9. The Bertz CT molecular complexity index is 1900. The largest absolute Gasteiger partial charge is 0.394 e. The van der Waals surface area contributed by atoms with E-state index in [2.05, 4.69) is 55.6 Å². The molecule has 2 rings (SSSR count). The van der Waals surface area contributed by atoms with Crippen molar-refractivity contribution in [3.63, 3.8) is 0 Å². The zero-order chi connectivity index (χ0) is 73.7. The summed E-state index contributed by atoms with van der Waals surface area (Å²) in [5.74, 6) is -0.245. The molecule has 14 nitrogen and oxygen atoms in total. The summed E-state index contributed by atoms with van der Waals surface area (Å²) in [5, 5.41) is 87.7. The molecule has 0 saturated carbocycles. The fourth-order valence-electron chi connectivity index (χ4n) is 14.6. The summed E-state index contributed by atoms with van der Waals surface area (Å²) in [6, 6.07) is -0.939. The topological polar surface area (TPSA) is 228 Å². The van der Waals surface area contributed by atoms with E-state index in [0.717, 1.165) is 44.9 Å². The van der Waals surface area contributed by atoms with Crippen molar-refractivity contribution in [3.05, 3.63) is 48.6 Å². The zero-order valence-electron chi connectivity index (χ0n) is 66.1. The number of carbonyl (C=O) groups is 1. The van der Waals surface area contributed by atoms with Gasteiger partial charge in [0.2, 0.25) is 5.91 Å². The van der Waals surface area contributed by atoms with Crippen LogP contribution >= 0.6 is 0 Å². The highest BCUT2D eigenvalue weighted by atomic mass is 16.7. The Morgan fingerprint density at radius 2 is 0.627 bits per heavy atom. The molecule has 2 aliphatic heterocycles. The quantitative estimate of drug-likeness (QED) is 0.0204. The van der Waals surface area contributed by atoms with Gasteiger partial charge >= 0.3 is 0 Å². The average molecular weight is 1450 g/mol. The van der Waals surface area contributed by atoms with Crippen LogP contribution in [0, 0.1) is 0 Å². The van der Waals surface area contributed by atoms with Gasteiger partial charge in [0.15, 0.2) is 12.6 Å². The van der Waals surface area contributed by atoms with Gasteiger partial charge in [-0.3, -0.25) is 4.79 Å². The minimum Gasteiger partial charge on any atom is -0.394 e. The Morgan fingerprint density at radius 1 is 0.343 bits per heavy atom. The predicted molar refractivity (Wildman–Crippen MR) is 424 cm³/mol. The fourth-order valence-corrected chi connectivity index (χ4v) is 14.6. The van der Waals surface area contributed by atoms with Crippen LogP contribution in [-0.4, -0.2) is 140 Å². The Hall–Kier alpha value is -2.05. The van der Waals surface area contributed by atoms with E-state index in [0.29, 0.717) is 12.8 Å². The van der Waals surface area contributed by atoms with Crippen molar-refractivity contribution in [1.29, 1.82) is 0 Å². The first-order valence-electron chi connectivity index (χ1n) is 43.9. The summed E-state index contributed by atoms with van der Waals surface area (Å²) in [6.45, 7) is 2.84. The minimum absolute atomic E-state index is 0.245. The molecular formula is C88H165NO13. The van der Waals surface area contributed by atoms with E-state index in [1.54, 1.807) is 6.08 Å². The van der Waals surface area contributed by atoms with Crippen molar-refractivity contribution < 1.29 is 64.6 Å². The van der Waals surface area contributed by atoms with Crippen LogP contribution < -0.4 is 5.32 Å². The van der Waals surface area contributed by atoms with E-state index in [9.17, 15) is 45.6 Å². The van der Waals surface area contributed by atoms with Gasteiger partial charge in [-0.2, -0.15) is 0 Å². The summed E-state index contributed by atoms with van der Waals surface area (Å²) >= 11 is 0. The lowest BCUT2D eigenvalue weighted by Gasteiger charge is -2.46. The molecule has 0 spiro atoms. The number of hydrogen-bond acceptors (Lipinski definition) is 13. The summed E-state index contributed by atoms with van der Waals surface area (Å²) in [5.41, 5.74) is 0. The average Bonchev–Trinajstić information content (AvgIpc) is 0.790. The highest BCUT2D eigenvalue weighted by Crippen LogP contribution is 2.31. The number of aliphatic hydroxyl groups is 8. The molecule has 12 atom stereocenters. The zero-order valence-corrected chi connectivity index (χ0v) is 66.1. The van der Waals surface area contributed by atoms with Crippen molar-refractivity contribution in [1.82, 2.24) is 5.32 Å². The fraction of sp³-hybridized carbons (Fsp3) is 0.898. The lowest BCUT2D eigenvalue weighted by Crippen LogP contribution is -2.65. The van der Waals surface area contributed by atoms with E-state index in [1.165, 1.54) is 334 Å². The molecule has 2 saturated heterocycles. The minimum atomic E-state index is -1.79. The first kappa shape index (κ1) is 96.0. The lowest BCUT2D eigenvalue weighted by molar-refractivity contribution is -0.359. The van der Waals surface area contributed by atoms with Crippen molar-refractivity contribution in [2.24, 2.45) is 0 Å². The smallest absolute Gasteiger partial charge is 0.220 e. The molecule has 9 N–H and O–H groups in total. The SMILES string of the molecule is CCCCCCCCCC/C=C\CCCCCCCCCCCCCCCCCCCCCCCCCCCCCCCC(=O)NC(COC1OC(CO)C(OC2OC(CO)C(O)C(O)C2O)C(O)C1O)C(O)/C=C/CC/C=C/CC/C=C/CCCCCCCCCCCCCCCCCCC. The summed E-state index contributed by atoms with van der Waals surface area (Å²) < 4.78 is 22.9. The van der Waals surface area contributed by atoms with E-state index >= 15 is 0 Å². The molecule has 12 unspecified atom stereocenters. The molecule has 0 aromatic rings. The van der Waals surface area contributed by atoms with Crippen LogP contribution in [0.25, 0.3) is 0 Å². The molecular weight excluding hydrogens is 1280 g/mol. The number of hydrogen-bond donors (Lipinski definition) is 9. The monoisotopic (exact) mass is 1440 g/mol. The molecule has 600 valence electrons. The molecule has 0 radical (unpaired) electrons. The number of unbranched alkanes of at least 4 members (excludes halogenated alkanes) is 56. The predicted octanol–water partition coefficient (Wildman–Crippen LogP) is 20.9. The molecule has 0 bridgehead atoms. The number of amides is 1. The van der Waals surface area contributed by atoms with Crippen LogP contribution in [0.2, 0.25) is 0 Å². The van der Waals surface area contributed by atoms with Crippen LogP contribution in [0.1, 0.15) is 412 Å². The second kappa shape index (κ2) is 71.8. The molecule has 0 aliphatic carbocycles. The lowest BCUT2D eigenvalue weighted by atomic mass is 9.97. The maximum Gasteiger partial charge on any atom is 0.220 e. The van der Waals surface area contributed by atoms with E-state index < -0.39 is 86.8 Å². The van der Waals surface area contributed by atoms with Crippen molar-refractivity contribution in [2.45, 2.75) is 485 Å². The molecule has 14 heteroatoms. The number of allylic oxidation sites excluding steroid dienone is 7. The van der Waals surface area contributed by atoms with Gasteiger partial charge in [-0.05, 0) is 70.6 Å². The van der Waals surface area contributed by atoms with Gasteiger partial charge in [0, 0.05) is 6.42 Å². The molecule has 0 aromatic heterocycles. The third kappa shape index (κ3) is 53.7. The summed E-state index contributed by atoms with van der Waals surface area (Å²) in [6.07, 6.45) is 81.0. The van der Waals surface area contributed by atoms with Crippen molar-refractivity contribution in [3.8, 4) is 0 Å². The van der Waals surface area contributed by atoms with Gasteiger partial charge in [0.25, 0.3) is 0 Å². The molecule has 2 aliphatic rings. The van der Waals surface area contributed by atoms with Crippen molar-refractivity contribution >= 4 is 5.91 Å². The Labute approximate surface area is 626 Å². The number of carbonyl (C=O) groups excluding carboxylic acids is 1. The van der Waals surface area contributed by atoms with Gasteiger partial charge < -0.3 is 65.1 Å². The summed E-state index contributed by atoms with van der Waals surface area (Å²) in [4.78, 5) is 13.4. The number of nitrogens with one attached hydrogen (secondary N) is 1. The highest BCUT2D eigenvalue weighted by Gasteiger charge is 2.51. The maximum atomic E-state index is 13.4. The van der Waals surface area contributed by atoms with Crippen molar-refractivity contribution in [2.75, 3.05) is 19.8 Å². The second-order valence-electron chi connectivity index (χ2n) is 31.0. The van der Waals surface area contributed by atoms with Crippen LogP contribution in [-0.2, 0) is 23.7 Å². The van der Waals surface area contributed by atoms with Gasteiger partial charge in [0.05, 0.1) is 32.0 Å². The Kier molecular flexibility index (Phi) is 67.6. The molecule has 102 heavy (non-hydrogen) atoms. The van der Waals surface area contributed by atoms with Crippen LogP contribution in [0.3, 0.4) is 0 Å². The third-order valence-corrected chi connectivity index (χ3v) is 21.5. The van der Waals surface area contributed by atoms with E-state index in [4.69, 9.17) is 18.9 Å². The molecule has 2 fully saturated rings. The van der Waals surface area contributed by atoms with E-state index in [1.807, 2.05) is 6.08 Å². The molecule has 1 amide bonds.